The SMILES string of the molecule is Cc1c(OC(=O)c2ccccc2)c(=O)ccn1CC1=NCCS1. The van der Waals surface area contributed by atoms with Gasteiger partial charge in [0.2, 0.25) is 5.43 Å². The van der Waals surface area contributed by atoms with Crippen molar-refractivity contribution in [1.29, 1.82) is 0 Å². The molecule has 0 unspecified atom stereocenters. The largest absolute Gasteiger partial charge is 0.417 e. The highest BCUT2D eigenvalue weighted by atomic mass is 32.2. The van der Waals surface area contributed by atoms with Gasteiger partial charge in [0, 0.05) is 24.6 Å². The first-order valence-electron chi connectivity index (χ1n) is 7.28. The standard InChI is InChI=1S/C17H16N2O3S/c1-12-16(22-17(21)13-5-3-2-4-6-13)14(20)7-9-19(12)11-15-18-8-10-23-15/h2-7,9H,8,10-11H2,1H3. The van der Waals surface area contributed by atoms with Crippen molar-refractivity contribution in [1.82, 2.24) is 4.57 Å². The summed E-state index contributed by atoms with van der Waals surface area (Å²) < 4.78 is 7.23. The van der Waals surface area contributed by atoms with Gasteiger partial charge in [0.25, 0.3) is 0 Å². The van der Waals surface area contributed by atoms with Crippen molar-refractivity contribution < 1.29 is 9.53 Å². The molecule has 5 nitrogen and oxygen atoms in total. The topological polar surface area (TPSA) is 60.7 Å². The van der Waals surface area contributed by atoms with Crippen molar-refractivity contribution >= 4 is 22.8 Å². The number of benzene rings is 1. The van der Waals surface area contributed by atoms with Gasteiger partial charge >= 0.3 is 5.97 Å². The van der Waals surface area contributed by atoms with Gasteiger partial charge in [-0.05, 0) is 19.1 Å². The Labute approximate surface area is 138 Å². The monoisotopic (exact) mass is 328 g/mol. The minimum atomic E-state index is -0.531. The van der Waals surface area contributed by atoms with E-state index >= 15 is 0 Å². The second kappa shape index (κ2) is 6.83. The molecule has 0 saturated carbocycles. The Morgan fingerprint density at radius 2 is 2.09 bits per heavy atom. The number of aromatic nitrogens is 1. The quantitative estimate of drug-likeness (QED) is 0.809. The zero-order chi connectivity index (χ0) is 16.2. The van der Waals surface area contributed by atoms with Gasteiger partial charge in [-0.2, -0.15) is 0 Å². The number of aliphatic imine (C=N–C) groups is 1. The summed E-state index contributed by atoms with van der Waals surface area (Å²) >= 11 is 1.71. The summed E-state index contributed by atoms with van der Waals surface area (Å²) in [6.45, 7) is 3.19. The lowest BCUT2D eigenvalue weighted by atomic mass is 10.2. The third kappa shape index (κ3) is 3.53. The van der Waals surface area contributed by atoms with Gasteiger partial charge in [0.15, 0.2) is 5.75 Å². The molecule has 0 atom stereocenters. The molecule has 0 spiro atoms. The number of carbonyl (C=O) groups is 1. The molecule has 3 rings (SSSR count). The second-order valence-corrected chi connectivity index (χ2v) is 6.27. The highest BCUT2D eigenvalue weighted by Crippen LogP contribution is 2.18. The fourth-order valence-corrected chi connectivity index (χ4v) is 3.13. The minimum absolute atomic E-state index is 0.0740. The van der Waals surface area contributed by atoms with E-state index in [9.17, 15) is 9.59 Å². The zero-order valence-corrected chi connectivity index (χ0v) is 13.5. The van der Waals surface area contributed by atoms with Crippen molar-refractivity contribution in [3.63, 3.8) is 0 Å². The molecule has 0 N–H and O–H groups in total. The van der Waals surface area contributed by atoms with Crippen molar-refractivity contribution in [2.75, 3.05) is 12.3 Å². The molecule has 0 amide bonds. The average Bonchev–Trinajstić information content (AvgIpc) is 3.08. The van der Waals surface area contributed by atoms with Gasteiger partial charge in [-0.15, -0.1) is 11.8 Å². The van der Waals surface area contributed by atoms with Crippen LogP contribution in [0, 0.1) is 6.92 Å². The van der Waals surface area contributed by atoms with Crippen LogP contribution in [-0.4, -0.2) is 27.9 Å². The molecule has 0 fully saturated rings. The maximum atomic E-state index is 12.2. The van der Waals surface area contributed by atoms with Crippen molar-refractivity contribution in [2.45, 2.75) is 13.5 Å². The molecule has 118 valence electrons. The Morgan fingerprint density at radius 1 is 1.30 bits per heavy atom. The third-order valence-electron chi connectivity index (χ3n) is 3.55. The summed E-state index contributed by atoms with van der Waals surface area (Å²) in [6.07, 6.45) is 1.71. The van der Waals surface area contributed by atoms with E-state index in [2.05, 4.69) is 4.99 Å². The third-order valence-corrected chi connectivity index (χ3v) is 4.53. The first-order valence-corrected chi connectivity index (χ1v) is 8.27. The number of rotatable bonds is 4. The first kappa shape index (κ1) is 15.6. The summed E-state index contributed by atoms with van der Waals surface area (Å²) in [5.41, 5.74) is 0.735. The molecule has 6 heteroatoms. The van der Waals surface area contributed by atoms with Gasteiger partial charge in [-0.1, -0.05) is 18.2 Å². The predicted molar refractivity (Wildman–Crippen MR) is 91.6 cm³/mol. The van der Waals surface area contributed by atoms with E-state index in [1.807, 2.05) is 10.6 Å². The predicted octanol–water partition coefficient (Wildman–Crippen LogP) is 2.52. The van der Waals surface area contributed by atoms with Crippen LogP contribution in [0.5, 0.6) is 5.75 Å². The number of pyridine rings is 1. The maximum Gasteiger partial charge on any atom is 0.343 e. The van der Waals surface area contributed by atoms with E-state index in [1.165, 1.54) is 6.07 Å². The molecular formula is C17H16N2O3S. The Hall–Kier alpha value is -2.34. The summed E-state index contributed by atoms with van der Waals surface area (Å²) in [4.78, 5) is 28.7. The number of hydrogen-bond donors (Lipinski definition) is 0. The summed E-state index contributed by atoms with van der Waals surface area (Å²) in [6, 6.07) is 10.1. The summed E-state index contributed by atoms with van der Waals surface area (Å²) in [5, 5.41) is 1.03. The fourth-order valence-electron chi connectivity index (χ4n) is 2.30. The molecule has 1 aliphatic heterocycles. The molecule has 0 bridgehead atoms. The second-order valence-electron chi connectivity index (χ2n) is 5.10. The summed E-state index contributed by atoms with van der Waals surface area (Å²) in [5.74, 6) is 0.533. The van der Waals surface area contributed by atoms with Crippen LogP contribution in [0.15, 0.2) is 52.4 Å². The van der Waals surface area contributed by atoms with Crippen LogP contribution >= 0.6 is 11.8 Å². The molecule has 2 aromatic rings. The number of carbonyl (C=O) groups excluding carboxylic acids is 1. The van der Waals surface area contributed by atoms with E-state index in [1.54, 1.807) is 49.1 Å². The normalized spacial score (nSPS) is 13.7. The van der Waals surface area contributed by atoms with Crippen LogP contribution in [0.25, 0.3) is 0 Å². The summed E-state index contributed by atoms with van der Waals surface area (Å²) in [7, 11) is 0. The Bertz CT molecular complexity index is 812. The van der Waals surface area contributed by atoms with Gasteiger partial charge < -0.3 is 9.30 Å². The first-order chi connectivity index (χ1) is 11.1. The smallest absolute Gasteiger partial charge is 0.343 e. The Balaban J connectivity index is 1.86. The van der Waals surface area contributed by atoms with Crippen LogP contribution in [-0.2, 0) is 6.54 Å². The van der Waals surface area contributed by atoms with Crippen molar-refractivity contribution in [3.8, 4) is 5.75 Å². The lowest BCUT2D eigenvalue weighted by Gasteiger charge is -2.13. The van der Waals surface area contributed by atoms with E-state index < -0.39 is 5.97 Å². The minimum Gasteiger partial charge on any atom is -0.417 e. The Morgan fingerprint density at radius 3 is 2.78 bits per heavy atom. The van der Waals surface area contributed by atoms with Gasteiger partial charge in [0.1, 0.15) is 0 Å². The Kier molecular flexibility index (Phi) is 4.62. The number of thioether (sulfide) groups is 1. The van der Waals surface area contributed by atoms with Crippen LogP contribution in [0.1, 0.15) is 16.1 Å². The van der Waals surface area contributed by atoms with E-state index in [4.69, 9.17) is 4.74 Å². The van der Waals surface area contributed by atoms with Crippen molar-refractivity contribution in [2.24, 2.45) is 4.99 Å². The van der Waals surface area contributed by atoms with Crippen LogP contribution in [0.2, 0.25) is 0 Å². The van der Waals surface area contributed by atoms with E-state index in [-0.39, 0.29) is 11.2 Å². The lowest BCUT2D eigenvalue weighted by molar-refractivity contribution is 0.0730. The molecule has 1 aromatic carbocycles. The van der Waals surface area contributed by atoms with Crippen molar-refractivity contribution in [3.05, 3.63) is 64.1 Å². The zero-order valence-electron chi connectivity index (χ0n) is 12.7. The van der Waals surface area contributed by atoms with E-state index in [0.717, 1.165) is 17.3 Å². The van der Waals surface area contributed by atoms with Crippen LogP contribution in [0.4, 0.5) is 0 Å². The van der Waals surface area contributed by atoms with Gasteiger partial charge in [-0.3, -0.25) is 9.79 Å². The molecule has 0 saturated heterocycles. The number of nitrogens with zero attached hydrogens (tertiary/aromatic N) is 2. The average molecular weight is 328 g/mol. The fraction of sp³-hybridized carbons (Fsp3) is 0.235. The van der Waals surface area contributed by atoms with Crippen LogP contribution < -0.4 is 10.2 Å². The molecule has 0 radical (unpaired) electrons. The highest BCUT2D eigenvalue weighted by Gasteiger charge is 2.16. The molecule has 1 aromatic heterocycles. The lowest BCUT2D eigenvalue weighted by Crippen LogP contribution is -2.20. The molecule has 1 aliphatic rings. The van der Waals surface area contributed by atoms with Gasteiger partial charge in [0.05, 0.1) is 22.8 Å². The number of esters is 1. The van der Waals surface area contributed by atoms with Crippen LogP contribution in [0.3, 0.4) is 0 Å². The highest BCUT2D eigenvalue weighted by molar-refractivity contribution is 8.14. The molecule has 23 heavy (non-hydrogen) atoms. The molecule has 0 aliphatic carbocycles. The maximum absolute atomic E-state index is 12.2. The van der Waals surface area contributed by atoms with Gasteiger partial charge in [-0.25, -0.2) is 4.79 Å². The molecular weight excluding hydrogens is 312 g/mol. The number of hydrogen-bond acceptors (Lipinski definition) is 5. The number of ether oxygens (including phenoxy) is 1. The molecule has 2 heterocycles. The van der Waals surface area contributed by atoms with E-state index in [0.29, 0.717) is 17.8 Å².